The number of methoxy groups -OCH3 is 1. The number of amides is 1. The second kappa shape index (κ2) is 10.0. The Morgan fingerprint density at radius 3 is 2.79 bits per heavy atom. The van der Waals surface area contributed by atoms with Gasteiger partial charge in [0.1, 0.15) is 0 Å². The highest BCUT2D eigenvalue weighted by Crippen LogP contribution is 2.28. The second-order valence-corrected chi connectivity index (χ2v) is 7.99. The third kappa shape index (κ3) is 5.54. The van der Waals surface area contributed by atoms with Crippen molar-refractivity contribution in [2.24, 2.45) is 5.92 Å². The highest BCUT2D eigenvalue weighted by atomic mass is 16.5. The number of hydrogen-bond acceptors (Lipinski definition) is 5. The van der Waals surface area contributed by atoms with E-state index in [1.807, 2.05) is 18.2 Å². The van der Waals surface area contributed by atoms with Crippen molar-refractivity contribution >= 4 is 5.91 Å². The zero-order valence-electron chi connectivity index (χ0n) is 16.8. The smallest absolute Gasteiger partial charge is 0.223 e. The van der Waals surface area contributed by atoms with Crippen molar-refractivity contribution in [1.29, 1.82) is 5.26 Å². The minimum Gasteiger partial charge on any atom is -0.385 e. The number of ether oxygens (including phenoxy) is 2. The fourth-order valence-corrected chi connectivity index (χ4v) is 4.19. The van der Waals surface area contributed by atoms with Crippen LogP contribution in [0.5, 0.6) is 0 Å². The molecule has 0 saturated carbocycles. The molecule has 1 aromatic carbocycles. The van der Waals surface area contributed by atoms with Crippen molar-refractivity contribution in [3.05, 3.63) is 35.4 Å². The van der Waals surface area contributed by atoms with Gasteiger partial charge in [0.25, 0.3) is 0 Å². The molecular formula is C22H31N3O3. The van der Waals surface area contributed by atoms with Gasteiger partial charge in [-0.2, -0.15) is 5.26 Å². The number of nitrogens with one attached hydrogen (secondary N) is 1. The zero-order valence-corrected chi connectivity index (χ0v) is 16.8. The van der Waals surface area contributed by atoms with E-state index in [9.17, 15) is 4.79 Å². The Balaban J connectivity index is 1.58. The van der Waals surface area contributed by atoms with Gasteiger partial charge in [-0.25, -0.2) is 0 Å². The Kier molecular flexibility index (Phi) is 7.43. The van der Waals surface area contributed by atoms with Crippen LogP contribution in [0.15, 0.2) is 24.3 Å². The van der Waals surface area contributed by atoms with Crippen LogP contribution in [0.2, 0.25) is 0 Å². The maximum absolute atomic E-state index is 12.8. The lowest BCUT2D eigenvalue weighted by Gasteiger charge is -2.43. The molecule has 1 amide bonds. The lowest BCUT2D eigenvalue weighted by Crippen LogP contribution is -2.57. The van der Waals surface area contributed by atoms with Gasteiger partial charge < -0.3 is 14.8 Å². The van der Waals surface area contributed by atoms with Crippen LogP contribution < -0.4 is 5.32 Å². The van der Waals surface area contributed by atoms with Crippen LogP contribution >= 0.6 is 0 Å². The van der Waals surface area contributed by atoms with E-state index in [1.165, 1.54) is 0 Å². The van der Waals surface area contributed by atoms with Crippen LogP contribution in [0.25, 0.3) is 0 Å². The molecule has 2 heterocycles. The molecule has 152 valence electrons. The van der Waals surface area contributed by atoms with Gasteiger partial charge in [-0.3, -0.25) is 9.69 Å². The van der Waals surface area contributed by atoms with Crippen LogP contribution in [0.1, 0.15) is 43.2 Å². The summed E-state index contributed by atoms with van der Waals surface area (Å²) in [5.74, 6) is 0.245. The first-order valence-electron chi connectivity index (χ1n) is 10.2. The van der Waals surface area contributed by atoms with Crippen molar-refractivity contribution < 1.29 is 14.3 Å². The molecule has 0 atom stereocenters. The fourth-order valence-electron chi connectivity index (χ4n) is 4.19. The third-order valence-corrected chi connectivity index (χ3v) is 6.04. The first-order valence-corrected chi connectivity index (χ1v) is 10.2. The quantitative estimate of drug-likeness (QED) is 0.780. The van der Waals surface area contributed by atoms with E-state index < -0.39 is 0 Å². The van der Waals surface area contributed by atoms with Crippen molar-refractivity contribution in [2.45, 2.75) is 44.2 Å². The van der Waals surface area contributed by atoms with Crippen LogP contribution in [0.4, 0.5) is 0 Å². The molecule has 28 heavy (non-hydrogen) atoms. The molecule has 0 radical (unpaired) electrons. The van der Waals surface area contributed by atoms with Gasteiger partial charge in [0.05, 0.1) is 11.6 Å². The Morgan fingerprint density at radius 2 is 2.11 bits per heavy atom. The summed E-state index contributed by atoms with van der Waals surface area (Å²) in [7, 11) is 1.71. The minimum absolute atomic E-state index is 0.0694. The van der Waals surface area contributed by atoms with Gasteiger partial charge in [0.2, 0.25) is 5.91 Å². The van der Waals surface area contributed by atoms with Crippen LogP contribution in [-0.2, 0) is 20.8 Å². The number of carbonyl (C=O) groups excluding carboxylic acids is 1. The predicted octanol–water partition coefficient (Wildman–Crippen LogP) is 2.47. The van der Waals surface area contributed by atoms with Gasteiger partial charge in [0, 0.05) is 58.0 Å². The Labute approximate surface area is 167 Å². The lowest BCUT2D eigenvalue weighted by molar-refractivity contribution is -0.130. The van der Waals surface area contributed by atoms with Gasteiger partial charge in [-0.15, -0.1) is 0 Å². The number of likely N-dealkylation sites (tertiary alicyclic amines) is 1. The molecule has 6 nitrogen and oxygen atoms in total. The SMILES string of the molecule is COCCC1(NC(=O)C2CCOCC2)CCN(Cc2cccc(C#N)c2)CC1. The van der Waals surface area contributed by atoms with Crippen LogP contribution in [0, 0.1) is 17.2 Å². The molecule has 2 aliphatic heterocycles. The molecule has 0 bridgehead atoms. The van der Waals surface area contributed by atoms with Crippen LogP contribution in [-0.4, -0.2) is 56.4 Å². The molecular weight excluding hydrogens is 354 g/mol. The van der Waals surface area contributed by atoms with Gasteiger partial charge in [-0.1, -0.05) is 12.1 Å². The monoisotopic (exact) mass is 385 g/mol. The van der Waals surface area contributed by atoms with E-state index in [4.69, 9.17) is 14.7 Å². The molecule has 1 N–H and O–H groups in total. The standard InChI is InChI=1S/C22H31N3O3/c1-27-14-9-22(24-21(26)20-5-12-28-13-6-20)7-10-25(11-8-22)17-19-4-2-3-18(15-19)16-23/h2-4,15,20H,5-14,17H2,1H3,(H,24,26). The van der Waals surface area contributed by atoms with Crippen molar-refractivity contribution in [3.8, 4) is 6.07 Å². The van der Waals surface area contributed by atoms with E-state index in [2.05, 4.69) is 22.4 Å². The van der Waals surface area contributed by atoms with E-state index in [1.54, 1.807) is 7.11 Å². The Hall–Kier alpha value is -1.94. The highest BCUT2D eigenvalue weighted by molar-refractivity contribution is 5.79. The summed E-state index contributed by atoms with van der Waals surface area (Å²) < 4.78 is 10.7. The summed E-state index contributed by atoms with van der Waals surface area (Å²) in [6, 6.07) is 10.0. The molecule has 0 aliphatic carbocycles. The predicted molar refractivity (Wildman–Crippen MR) is 107 cm³/mol. The summed E-state index contributed by atoms with van der Waals surface area (Å²) in [4.78, 5) is 15.2. The molecule has 1 aromatic rings. The number of carbonyl (C=O) groups is 1. The summed E-state index contributed by atoms with van der Waals surface area (Å²) in [6.07, 6.45) is 4.31. The normalized spacial score (nSPS) is 20.4. The molecule has 0 unspecified atom stereocenters. The molecule has 0 spiro atoms. The fraction of sp³-hybridized carbons (Fsp3) is 0.636. The molecule has 3 rings (SSSR count). The number of benzene rings is 1. The highest BCUT2D eigenvalue weighted by Gasteiger charge is 2.37. The van der Waals surface area contributed by atoms with Gasteiger partial charge in [-0.05, 0) is 49.8 Å². The van der Waals surface area contributed by atoms with E-state index in [-0.39, 0.29) is 17.4 Å². The topological polar surface area (TPSA) is 74.6 Å². The summed E-state index contributed by atoms with van der Waals surface area (Å²) in [5.41, 5.74) is 1.68. The second-order valence-electron chi connectivity index (χ2n) is 7.99. The maximum Gasteiger partial charge on any atom is 0.223 e. The van der Waals surface area contributed by atoms with Gasteiger partial charge in [0.15, 0.2) is 0 Å². The molecule has 2 aliphatic rings. The number of nitrogens with zero attached hydrogens (tertiary/aromatic N) is 2. The number of piperidine rings is 1. The average molecular weight is 386 g/mol. The molecule has 2 fully saturated rings. The van der Waals surface area contributed by atoms with E-state index >= 15 is 0 Å². The number of hydrogen-bond donors (Lipinski definition) is 1. The van der Waals surface area contributed by atoms with Crippen molar-refractivity contribution in [3.63, 3.8) is 0 Å². The summed E-state index contributed by atoms with van der Waals surface area (Å²) in [6.45, 7) is 4.70. The minimum atomic E-state index is -0.184. The molecule has 2 saturated heterocycles. The lowest BCUT2D eigenvalue weighted by atomic mass is 9.83. The Bertz CT molecular complexity index is 687. The van der Waals surface area contributed by atoms with Crippen molar-refractivity contribution in [2.75, 3.05) is 40.0 Å². The van der Waals surface area contributed by atoms with Gasteiger partial charge >= 0.3 is 0 Å². The van der Waals surface area contributed by atoms with E-state index in [0.717, 1.165) is 57.3 Å². The number of rotatable bonds is 7. The summed E-state index contributed by atoms with van der Waals surface area (Å²) in [5, 5.41) is 12.5. The van der Waals surface area contributed by atoms with E-state index in [0.29, 0.717) is 25.4 Å². The largest absolute Gasteiger partial charge is 0.385 e. The number of nitriles is 1. The molecule has 0 aromatic heterocycles. The molecule has 6 heteroatoms. The average Bonchev–Trinajstić information content (AvgIpc) is 2.75. The van der Waals surface area contributed by atoms with Crippen molar-refractivity contribution in [1.82, 2.24) is 10.2 Å². The first-order chi connectivity index (χ1) is 13.6. The zero-order chi connectivity index (χ0) is 19.8. The summed E-state index contributed by atoms with van der Waals surface area (Å²) >= 11 is 0. The Morgan fingerprint density at radius 1 is 1.36 bits per heavy atom. The maximum atomic E-state index is 12.8. The van der Waals surface area contributed by atoms with Crippen LogP contribution in [0.3, 0.4) is 0 Å². The first kappa shape index (κ1) is 20.8. The third-order valence-electron chi connectivity index (χ3n) is 6.04.